The van der Waals surface area contributed by atoms with Gasteiger partial charge in [0.1, 0.15) is 0 Å². The maximum atomic E-state index is 13.9. The van der Waals surface area contributed by atoms with E-state index in [2.05, 4.69) is 15.2 Å². The molecule has 3 aliphatic heterocycles. The number of rotatable bonds is 4. The van der Waals surface area contributed by atoms with Gasteiger partial charge in [-0.2, -0.15) is 0 Å². The van der Waals surface area contributed by atoms with Crippen molar-refractivity contribution in [2.24, 2.45) is 5.92 Å². The first-order valence-corrected chi connectivity index (χ1v) is 12.0. The zero-order valence-electron chi connectivity index (χ0n) is 18.9. The summed E-state index contributed by atoms with van der Waals surface area (Å²) in [5, 5.41) is 2.91. The van der Waals surface area contributed by atoms with Crippen LogP contribution in [-0.4, -0.2) is 72.7 Å². The van der Waals surface area contributed by atoms with Crippen molar-refractivity contribution in [3.05, 3.63) is 48.2 Å². The normalized spacial score (nSPS) is 21.1. The van der Waals surface area contributed by atoms with Gasteiger partial charge < -0.3 is 15.0 Å². The number of pyridine rings is 1. The average molecular weight is 450 g/mol. The second-order valence-corrected chi connectivity index (χ2v) is 9.01. The summed E-state index contributed by atoms with van der Waals surface area (Å²) in [6, 6.07) is 10.7. The average Bonchev–Trinajstić information content (AvgIpc) is 2.98. The molecular weight excluding hydrogens is 418 g/mol. The van der Waals surface area contributed by atoms with E-state index >= 15 is 0 Å². The SMILES string of the molecule is O=C1Nc2cccnc2N(C(=O)N2CCCC(CCCN3CCOCC3)C2)c2ccccc21. The van der Waals surface area contributed by atoms with Gasteiger partial charge >= 0.3 is 6.03 Å². The molecular formula is C25H31N5O3. The minimum atomic E-state index is -0.227. The molecule has 33 heavy (non-hydrogen) atoms. The highest BCUT2D eigenvalue weighted by Gasteiger charge is 2.34. The topological polar surface area (TPSA) is 78.0 Å². The van der Waals surface area contributed by atoms with Gasteiger partial charge in [-0.3, -0.25) is 9.69 Å². The molecule has 0 spiro atoms. The first kappa shape index (κ1) is 21.9. The molecule has 1 N–H and O–H groups in total. The van der Waals surface area contributed by atoms with Crippen LogP contribution in [-0.2, 0) is 4.74 Å². The van der Waals surface area contributed by atoms with Crippen LogP contribution in [0.4, 0.5) is 22.0 Å². The lowest BCUT2D eigenvalue weighted by Crippen LogP contribution is -2.46. The molecule has 8 nitrogen and oxygen atoms in total. The fraction of sp³-hybridized carbons (Fsp3) is 0.480. The van der Waals surface area contributed by atoms with Crippen LogP contribution in [0.15, 0.2) is 42.6 Å². The van der Waals surface area contributed by atoms with Crippen molar-refractivity contribution in [2.75, 3.05) is 56.2 Å². The van der Waals surface area contributed by atoms with Crippen LogP contribution >= 0.6 is 0 Å². The van der Waals surface area contributed by atoms with E-state index in [1.807, 2.05) is 23.1 Å². The summed E-state index contributed by atoms with van der Waals surface area (Å²) in [7, 11) is 0. The molecule has 8 heteroatoms. The molecule has 0 bridgehead atoms. The highest BCUT2D eigenvalue weighted by molar-refractivity contribution is 6.16. The predicted molar refractivity (Wildman–Crippen MR) is 127 cm³/mol. The molecule has 5 rings (SSSR count). The Morgan fingerprint density at radius 3 is 2.85 bits per heavy atom. The molecule has 4 heterocycles. The van der Waals surface area contributed by atoms with Crippen LogP contribution in [0.5, 0.6) is 0 Å². The van der Waals surface area contributed by atoms with Crippen LogP contribution in [0.1, 0.15) is 36.0 Å². The third kappa shape index (κ3) is 4.72. The number of likely N-dealkylation sites (tertiary alicyclic amines) is 1. The first-order valence-electron chi connectivity index (χ1n) is 12.0. The first-order chi connectivity index (χ1) is 16.2. The van der Waals surface area contributed by atoms with Gasteiger partial charge in [0, 0.05) is 32.4 Å². The van der Waals surface area contributed by atoms with Crippen molar-refractivity contribution >= 4 is 29.1 Å². The lowest BCUT2D eigenvalue weighted by molar-refractivity contribution is 0.0362. The third-order valence-electron chi connectivity index (χ3n) is 6.81. The van der Waals surface area contributed by atoms with E-state index < -0.39 is 0 Å². The maximum Gasteiger partial charge on any atom is 0.330 e. The Labute approximate surface area is 194 Å². The van der Waals surface area contributed by atoms with Crippen LogP contribution in [0.2, 0.25) is 0 Å². The zero-order chi connectivity index (χ0) is 22.6. The van der Waals surface area contributed by atoms with Gasteiger partial charge in [0.2, 0.25) is 0 Å². The van der Waals surface area contributed by atoms with E-state index in [9.17, 15) is 9.59 Å². The number of anilines is 3. The van der Waals surface area contributed by atoms with Crippen LogP contribution in [0, 0.1) is 5.92 Å². The fourth-order valence-electron chi connectivity index (χ4n) is 5.07. The van der Waals surface area contributed by atoms with E-state index in [1.54, 1.807) is 29.3 Å². The molecule has 0 aliphatic carbocycles. The van der Waals surface area contributed by atoms with Crippen LogP contribution < -0.4 is 10.2 Å². The Kier molecular flexibility index (Phi) is 6.55. The van der Waals surface area contributed by atoms with Gasteiger partial charge in [0.15, 0.2) is 5.82 Å². The van der Waals surface area contributed by atoms with Crippen LogP contribution in [0.25, 0.3) is 0 Å². The number of fused-ring (bicyclic) bond motifs is 2. The lowest BCUT2D eigenvalue weighted by atomic mass is 9.93. The van der Waals surface area contributed by atoms with E-state index in [-0.39, 0.29) is 11.9 Å². The molecule has 0 saturated carbocycles. The second-order valence-electron chi connectivity index (χ2n) is 9.01. The largest absolute Gasteiger partial charge is 0.379 e. The lowest BCUT2D eigenvalue weighted by Gasteiger charge is -2.36. The summed E-state index contributed by atoms with van der Waals surface area (Å²) in [6.45, 7) is 6.25. The van der Waals surface area contributed by atoms with Crippen molar-refractivity contribution in [3.63, 3.8) is 0 Å². The molecule has 1 aromatic heterocycles. The number of para-hydroxylation sites is 1. The number of aromatic nitrogens is 1. The summed E-state index contributed by atoms with van der Waals surface area (Å²) >= 11 is 0. The number of morpholine rings is 1. The van der Waals surface area contributed by atoms with Gasteiger partial charge in [0.05, 0.1) is 30.2 Å². The predicted octanol–water partition coefficient (Wildman–Crippen LogP) is 3.73. The number of nitrogens with one attached hydrogen (secondary N) is 1. The number of urea groups is 1. The van der Waals surface area contributed by atoms with Crippen molar-refractivity contribution in [1.29, 1.82) is 0 Å². The number of hydrogen-bond donors (Lipinski definition) is 1. The summed E-state index contributed by atoms with van der Waals surface area (Å²) in [5.74, 6) is 0.735. The molecule has 2 saturated heterocycles. The standard InChI is InChI=1S/C25H31N5O3/c31-24-20-8-1-2-10-22(20)30(23-21(27-24)9-3-11-26-23)25(32)29-13-5-7-19(18-29)6-4-12-28-14-16-33-17-15-28/h1-3,8-11,19H,4-7,12-18H2,(H,27,31). The Bertz CT molecular complexity index is 1010. The minimum Gasteiger partial charge on any atom is -0.379 e. The Balaban J connectivity index is 1.32. The molecule has 1 aromatic carbocycles. The molecule has 1 unspecified atom stereocenters. The molecule has 3 aliphatic rings. The van der Waals surface area contributed by atoms with E-state index in [1.165, 1.54) is 0 Å². The maximum absolute atomic E-state index is 13.9. The number of benzene rings is 1. The second kappa shape index (κ2) is 9.89. The van der Waals surface area contributed by atoms with Gasteiger partial charge in [0.25, 0.3) is 5.91 Å². The number of carbonyl (C=O) groups is 2. The summed E-state index contributed by atoms with van der Waals surface area (Å²) in [6.07, 6.45) is 6.06. The van der Waals surface area contributed by atoms with Crippen molar-refractivity contribution in [3.8, 4) is 0 Å². The fourth-order valence-corrected chi connectivity index (χ4v) is 5.07. The number of hydrogen-bond acceptors (Lipinski definition) is 5. The minimum absolute atomic E-state index is 0.114. The van der Waals surface area contributed by atoms with E-state index in [4.69, 9.17) is 4.74 Å². The number of ether oxygens (including phenoxy) is 1. The third-order valence-corrected chi connectivity index (χ3v) is 6.81. The van der Waals surface area contributed by atoms with Crippen molar-refractivity contribution < 1.29 is 14.3 Å². The van der Waals surface area contributed by atoms with Crippen molar-refractivity contribution in [2.45, 2.75) is 25.7 Å². The summed E-state index contributed by atoms with van der Waals surface area (Å²) in [4.78, 5) is 37.2. The monoisotopic (exact) mass is 449 g/mol. The van der Waals surface area contributed by atoms with Gasteiger partial charge in [-0.15, -0.1) is 0 Å². The summed E-state index contributed by atoms with van der Waals surface area (Å²) < 4.78 is 5.44. The Morgan fingerprint density at radius 1 is 1.12 bits per heavy atom. The van der Waals surface area contributed by atoms with Crippen molar-refractivity contribution in [1.82, 2.24) is 14.8 Å². The van der Waals surface area contributed by atoms with Gasteiger partial charge in [-0.05, 0) is 62.4 Å². The highest BCUT2D eigenvalue weighted by Crippen LogP contribution is 2.37. The van der Waals surface area contributed by atoms with E-state index in [0.717, 1.165) is 71.6 Å². The molecule has 2 aromatic rings. The quantitative estimate of drug-likeness (QED) is 0.770. The number of nitrogens with zero attached hydrogens (tertiary/aromatic N) is 4. The van der Waals surface area contributed by atoms with Gasteiger partial charge in [-0.25, -0.2) is 14.7 Å². The highest BCUT2D eigenvalue weighted by atomic mass is 16.5. The number of amides is 3. The van der Waals surface area contributed by atoms with Crippen LogP contribution in [0.3, 0.4) is 0 Å². The zero-order valence-corrected chi connectivity index (χ0v) is 18.9. The molecule has 2 fully saturated rings. The Hall–Kier alpha value is -2.97. The molecule has 3 amide bonds. The summed E-state index contributed by atoms with van der Waals surface area (Å²) in [5.41, 5.74) is 1.60. The smallest absolute Gasteiger partial charge is 0.330 e. The molecule has 174 valence electrons. The molecule has 1 atom stereocenters. The van der Waals surface area contributed by atoms with E-state index in [0.29, 0.717) is 28.7 Å². The van der Waals surface area contributed by atoms with Gasteiger partial charge in [-0.1, -0.05) is 12.1 Å². The number of piperidine rings is 1. The number of carbonyl (C=O) groups excluding carboxylic acids is 2. The Morgan fingerprint density at radius 2 is 1.97 bits per heavy atom. The molecule has 0 radical (unpaired) electrons.